The van der Waals surface area contributed by atoms with E-state index in [1.54, 1.807) is 23.2 Å². The van der Waals surface area contributed by atoms with Crippen molar-refractivity contribution in [2.24, 2.45) is 0 Å². The summed E-state index contributed by atoms with van der Waals surface area (Å²) in [5.74, 6) is 0.829. The lowest BCUT2D eigenvalue weighted by Gasteiger charge is -2.16. The lowest BCUT2D eigenvalue weighted by Crippen LogP contribution is -2.30. The SMILES string of the molecule is O=C(c1ccco1)N1CCC(Oc2ncccc2Br)C1. The summed E-state index contributed by atoms with van der Waals surface area (Å²) in [4.78, 5) is 18.0. The Hall–Kier alpha value is -1.82. The Kier molecular flexibility index (Phi) is 3.73. The molecule has 6 heteroatoms. The van der Waals surface area contributed by atoms with E-state index in [1.165, 1.54) is 6.26 Å². The summed E-state index contributed by atoms with van der Waals surface area (Å²) >= 11 is 3.40. The fourth-order valence-electron chi connectivity index (χ4n) is 2.18. The molecule has 0 saturated carbocycles. The summed E-state index contributed by atoms with van der Waals surface area (Å²) in [6, 6.07) is 7.09. The molecule has 1 aliphatic rings. The maximum Gasteiger partial charge on any atom is 0.289 e. The number of pyridine rings is 1. The Labute approximate surface area is 124 Å². The van der Waals surface area contributed by atoms with Crippen LogP contribution in [0.25, 0.3) is 0 Å². The van der Waals surface area contributed by atoms with Gasteiger partial charge in [-0.05, 0) is 40.2 Å². The number of hydrogen-bond acceptors (Lipinski definition) is 4. The molecule has 1 unspecified atom stereocenters. The Morgan fingerprint density at radius 2 is 2.35 bits per heavy atom. The standard InChI is InChI=1S/C14H13BrN2O3/c15-11-3-1-6-16-13(11)20-10-5-7-17(9-10)14(18)12-4-2-8-19-12/h1-4,6,8,10H,5,7,9H2. The van der Waals surface area contributed by atoms with Crippen molar-refractivity contribution < 1.29 is 13.9 Å². The van der Waals surface area contributed by atoms with E-state index in [1.807, 2.05) is 12.1 Å². The molecule has 0 N–H and O–H groups in total. The molecular weight excluding hydrogens is 324 g/mol. The van der Waals surface area contributed by atoms with Crippen LogP contribution in [0.1, 0.15) is 17.0 Å². The lowest BCUT2D eigenvalue weighted by molar-refractivity contribution is 0.0739. The van der Waals surface area contributed by atoms with Crippen molar-refractivity contribution in [3.63, 3.8) is 0 Å². The molecular formula is C14H13BrN2O3. The van der Waals surface area contributed by atoms with Crippen LogP contribution in [-0.4, -0.2) is 35.0 Å². The van der Waals surface area contributed by atoms with E-state index in [2.05, 4.69) is 20.9 Å². The van der Waals surface area contributed by atoms with Gasteiger partial charge in [0.1, 0.15) is 6.10 Å². The van der Waals surface area contributed by atoms with Gasteiger partial charge in [-0.25, -0.2) is 4.98 Å². The second kappa shape index (κ2) is 5.66. The number of amides is 1. The minimum atomic E-state index is -0.0961. The van der Waals surface area contributed by atoms with Gasteiger partial charge in [0.2, 0.25) is 5.88 Å². The molecule has 0 radical (unpaired) electrons. The molecule has 0 bridgehead atoms. The van der Waals surface area contributed by atoms with Gasteiger partial charge in [-0.3, -0.25) is 4.79 Å². The van der Waals surface area contributed by atoms with Crippen molar-refractivity contribution in [3.8, 4) is 5.88 Å². The molecule has 1 amide bonds. The number of rotatable bonds is 3. The third-order valence-electron chi connectivity index (χ3n) is 3.17. The topological polar surface area (TPSA) is 55.6 Å². The summed E-state index contributed by atoms with van der Waals surface area (Å²) in [7, 11) is 0. The summed E-state index contributed by atoms with van der Waals surface area (Å²) in [6.07, 6.45) is 3.93. The first kappa shape index (κ1) is 13.2. The van der Waals surface area contributed by atoms with Crippen LogP contribution in [0.3, 0.4) is 0 Å². The Morgan fingerprint density at radius 1 is 1.45 bits per heavy atom. The fourth-order valence-corrected chi connectivity index (χ4v) is 2.53. The van der Waals surface area contributed by atoms with Crippen LogP contribution in [0.15, 0.2) is 45.6 Å². The summed E-state index contributed by atoms with van der Waals surface area (Å²) in [6.45, 7) is 1.21. The zero-order valence-electron chi connectivity index (χ0n) is 10.7. The second-order valence-corrected chi connectivity index (χ2v) is 5.40. The summed E-state index contributed by atoms with van der Waals surface area (Å²) in [5.41, 5.74) is 0. The summed E-state index contributed by atoms with van der Waals surface area (Å²) in [5, 5.41) is 0. The number of ether oxygens (including phenoxy) is 1. The van der Waals surface area contributed by atoms with Gasteiger partial charge in [0.25, 0.3) is 5.91 Å². The Morgan fingerprint density at radius 3 is 3.10 bits per heavy atom. The maximum absolute atomic E-state index is 12.1. The summed E-state index contributed by atoms with van der Waals surface area (Å²) < 4.78 is 11.8. The van der Waals surface area contributed by atoms with E-state index in [9.17, 15) is 4.79 Å². The molecule has 1 aliphatic heterocycles. The van der Waals surface area contributed by atoms with Crippen LogP contribution in [-0.2, 0) is 0 Å². The molecule has 2 aromatic rings. The molecule has 1 atom stereocenters. The minimum Gasteiger partial charge on any atom is -0.472 e. The van der Waals surface area contributed by atoms with Gasteiger partial charge in [-0.1, -0.05) is 0 Å². The van der Waals surface area contributed by atoms with Crippen LogP contribution in [0.4, 0.5) is 0 Å². The average molecular weight is 337 g/mol. The molecule has 0 aromatic carbocycles. The molecule has 1 fully saturated rings. The normalized spacial score (nSPS) is 18.2. The third-order valence-corrected chi connectivity index (χ3v) is 3.77. The van der Waals surface area contributed by atoms with Crippen molar-refractivity contribution in [1.29, 1.82) is 0 Å². The zero-order valence-corrected chi connectivity index (χ0v) is 12.2. The number of carbonyl (C=O) groups is 1. The molecule has 0 spiro atoms. The van der Waals surface area contributed by atoms with Crippen LogP contribution < -0.4 is 4.74 Å². The van der Waals surface area contributed by atoms with Crippen LogP contribution in [0, 0.1) is 0 Å². The van der Waals surface area contributed by atoms with Crippen molar-refractivity contribution in [1.82, 2.24) is 9.88 Å². The van der Waals surface area contributed by atoms with E-state index < -0.39 is 0 Å². The molecule has 104 valence electrons. The fraction of sp³-hybridized carbons (Fsp3) is 0.286. The first-order valence-corrected chi connectivity index (χ1v) is 7.13. The number of furan rings is 1. The number of likely N-dealkylation sites (tertiary alicyclic amines) is 1. The van der Waals surface area contributed by atoms with Gasteiger partial charge < -0.3 is 14.1 Å². The van der Waals surface area contributed by atoms with Crippen molar-refractivity contribution in [2.45, 2.75) is 12.5 Å². The first-order valence-electron chi connectivity index (χ1n) is 6.34. The molecule has 3 heterocycles. The number of carbonyl (C=O) groups excluding carboxylic acids is 1. The number of nitrogens with zero attached hydrogens (tertiary/aromatic N) is 2. The highest BCUT2D eigenvalue weighted by molar-refractivity contribution is 9.10. The van der Waals surface area contributed by atoms with Gasteiger partial charge in [-0.15, -0.1) is 0 Å². The van der Waals surface area contributed by atoms with Crippen LogP contribution in [0.5, 0.6) is 5.88 Å². The largest absolute Gasteiger partial charge is 0.472 e. The van der Waals surface area contributed by atoms with E-state index >= 15 is 0 Å². The highest BCUT2D eigenvalue weighted by Gasteiger charge is 2.29. The van der Waals surface area contributed by atoms with Crippen LogP contribution >= 0.6 is 15.9 Å². The maximum atomic E-state index is 12.1. The van der Waals surface area contributed by atoms with Crippen LogP contribution in [0.2, 0.25) is 0 Å². The molecule has 1 saturated heterocycles. The Balaban J connectivity index is 1.63. The van der Waals surface area contributed by atoms with E-state index in [-0.39, 0.29) is 12.0 Å². The first-order chi connectivity index (χ1) is 9.74. The van der Waals surface area contributed by atoms with E-state index in [4.69, 9.17) is 9.15 Å². The predicted octanol–water partition coefficient (Wildman–Crippen LogP) is 2.73. The van der Waals surface area contributed by atoms with Gasteiger partial charge in [0.15, 0.2) is 5.76 Å². The Bertz CT molecular complexity index is 600. The van der Waals surface area contributed by atoms with E-state index in [0.717, 1.165) is 10.9 Å². The lowest BCUT2D eigenvalue weighted by atomic mass is 10.3. The quantitative estimate of drug-likeness (QED) is 0.864. The molecule has 20 heavy (non-hydrogen) atoms. The average Bonchev–Trinajstić information content (AvgIpc) is 3.12. The predicted molar refractivity (Wildman–Crippen MR) is 75.6 cm³/mol. The van der Waals surface area contributed by atoms with Crippen molar-refractivity contribution in [3.05, 3.63) is 47.0 Å². The van der Waals surface area contributed by atoms with E-state index in [0.29, 0.717) is 24.7 Å². The molecule has 2 aromatic heterocycles. The van der Waals surface area contributed by atoms with Gasteiger partial charge in [-0.2, -0.15) is 0 Å². The number of hydrogen-bond donors (Lipinski definition) is 0. The van der Waals surface area contributed by atoms with Gasteiger partial charge in [0.05, 0.1) is 17.3 Å². The van der Waals surface area contributed by atoms with Gasteiger partial charge in [0, 0.05) is 19.2 Å². The smallest absolute Gasteiger partial charge is 0.289 e. The van der Waals surface area contributed by atoms with Crippen molar-refractivity contribution in [2.75, 3.05) is 13.1 Å². The monoisotopic (exact) mass is 336 g/mol. The zero-order chi connectivity index (χ0) is 13.9. The third kappa shape index (κ3) is 2.70. The van der Waals surface area contributed by atoms with Crippen molar-refractivity contribution >= 4 is 21.8 Å². The number of halogens is 1. The molecule has 3 rings (SSSR count). The second-order valence-electron chi connectivity index (χ2n) is 4.55. The minimum absolute atomic E-state index is 0.0416. The highest BCUT2D eigenvalue weighted by atomic mass is 79.9. The highest BCUT2D eigenvalue weighted by Crippen LogP contribution is 2.25. The molecule has 0 aliphatic carbocycles. The van der Waals surface area contributed by atoms with Gasteiger partial charge >= 0.3 is 0 Å². The number of aromatic nitrogens is 1. The molecule has 5 nitrogen and oxygen atoms in total.